The maximum absolute atomic E-state index is 12.7. The number of thiazole rings is 1. The summed E-state index contributed by atoms with van der Waals surface area (Å²) in [6.07, 6.45) is 0. The Kier molecular flexibility index (Phi) is 5.52. The summed E-state index contributed by atoms with van der Waals surface area (Å²) >= 11 is 1.22. The van der Waals surface area contributed by atoms with Gasteiger partial charge in [0.15, 0.2) is 6.04 Å². The van der Waals surface area contributed by atoms with Gasteiger partial charge in [-0.05, 0) is 24.6 Å². The number of nitrogens with zero attached hydrogens (tertiary/aromatic N) is 1. The molecule has 27 heavy (non-hydrogen) atoms. The van der Waals surface area contributed by atoms with Gasteiger partial charge in [0.05, 0.1) is 12.8 Å². The van der Waals surface area contributed by atoms with E-state index < -0.39 is 17.9 Å². The first kappa shape index (κ1) is 18.6. The summed E-state index contributed by atoms with van der Waals surface area (Å²) in [4.78, 5) is 29.1. The molecule has 0 fully saturated rings. The van der Waals surface area contributed by atoms with E-state index in [0.29, 0.717) is 26.9 Å². The number of carboxylic acid groups (broad SMARTS) is 1. The maximum atomic E-state index is 12.7. The van der Waals surface area contributed by atoms with E-state index in [-0.39, 0.29) is 0 Å². The molecule has 7 heteroatoms. The Morgan fingerprint density at radius 1 is 1.15 bits per heavy atom. The second kappa shape index (κ2) is 8.01. The van der Waals surface area contributed by atoms with Gasteiger partial charge in [0, 0.05) is 5.56 Å². The van der Waals surface area contributed by atoms with Gasteiger partial charge < -0.3 is 15.2 Å². The molecule has 0 aliphatic rings. The first-order chi connectivity index (χ1) is 13.0. The molecule has 0 bridgehead atoms. The lowest BCUT2D eigenvalue weighted by atomic mass is 10.1. The fraction of sp³-hybridized carbons (Fsp3) is 0.150. The summed E-state index contributed by atoms with van der Waals surface area (Å²) in [5.74, 6) is -0.887. The summed E-state index contributed by atoms with van der Waals surface area (Å²) < 4.78 is 5.22. The van der Waals surface area contributed by atoms with Crippen LogP contribution in [0.2, 0.25) is 0 Å². The van der Waals surface area contributed by atoms with E-state index in [0.717, 1.165) is 5.56 Å². The Bertz CT molecular complexity index is 969. The standard InChI is InChI=1S/C20H18N2O4S/c1-12-17(27-19(21-12)14-9-6-10-15(11-14)26-2)18(23)22-16(20(24)25)13-7-4-3-5-8-13/h3-11,16H,1-2H3,(H,22,23)(H,24,25)/t16-/m1/s1. The Morgan fingerprint density at radius 3 is 2.56 bits per heavy atom. The van der Waals surface area contributed by atoms with E-state index in [2.05, 4.69) is 10.3 Å². The van der Waals surface area contributed by atoms with Crippen LogP contribution in [-0.4, -0.2) is 29.1 Å². The van der Waals surface area contributed by atoms with Crippen LogP contribution in [0.3, 0.4) is 0 Å². The van der Waals surface area contributed by atoms with E-state index in [1.54, 1.807) is 44.4 Å². The highest BCUT2D eigenvalue weighted by Gasteiger charge is 2.25. The Hall–Kier alpha value is -3.19. The third kappa shape index (κ3) is 4.15. The van der Waals surface area contributed by atoms with Crippen LogP contribution in [0.1, 0.15) is 27.0 Å². The van der Waals surface area contributed by atoms with Crippen molar-refractivity contribution in [2.45, 2.75) is 13.0 Å². The van der Waals surface area contributed by atoms with Gasteiger partial charge in [-0.3, -0.25) is 4.79 Å². The first-order valence-electron chi connectivity index (χ1n) is 8.20. The number of aromatic nitrogens is 1. The van der Waals surface area contributed by atoms with Crippen molar-refractivity contribution in [3.05, 3.63) is 70.7 Å². The zero-order valence-electron chi connectivity index (χ0n) is 14.8. The van der Waals surface area contributed by atoms with Gasteiger partial charge in [0.2, 0.25) is 0 Å². The molecule has 0 saturated heterocycles. The minimum absolute atomic E-state index is 0.384. The number of carbonyl (C=O) groups is 2. The molecular weight excluding hydrogens is 364 g/mol. The van der Waals surface area contributed by atoms with Gasteiger partial charge in [0.25, 0.3) is 5.91 Å². The number of nitrogens with one attached hydrogen (secondary N) is 1. The van der Waals surface area contributed by atoms with Crippen LogP contribution in [0, 0.1) is 6.92 Å². The number of hydrogen-bond donors (Lipinski definition) is 2. The number of aryl methyl sites for hydroxylation is 1. The van der Waals surface area contributed by atoms with E-state index >= 15 is 0 Å². The second-order valence-corrected chi connectivity index (χ2v) is 6.82. The molecular formula is C20H18N2O4S. The predicted molar refractivity (Wildman–Crippen MR) is 103 cm³/mol. The van der Waals surface area contributed by atoms with Crippen LogP contribution in [-0.2, 0) is 4.79 Å². The molecule has 0 unspecified atom stereocenters. The van der Waals surface area contributed by atoms with Crippen molar-refractivity contribution < 1.29 is 19.4 Å². The molecule has 1 atom stereocenters. The second-order valence-electron chi connectivity index (χ2n) is 5.82. The Labute approximate surface area is 160 Å². The molecule has 1 aromatic heterocycles. The van der Waals surface area contributed by atoms with Crippen molar-refractivity contribution in [3.8, 4) is 16.3 Å². The zero-order valence-corrected chi connectivity index (χ0v) is 15.6. The summed E-state index contributed by atoms with van der Waals surface area (Å²) in [6.45, 7) is 1.73. The number of methoxy groups -OCH3 is 1. The van der Waals surface area contributed by atoms with Gasteiger partial charge >= 0.3 is 5.97 Å². The van der Waals surface area contributed by atoms with Gasteiger partial charge in [-0.1, -0.05) is 42.5 Å². The summed E-state index contributed by atoms with van der Waals surface area (Å²) in [5, 5.41) is 12.7. The van der Waals surface area contributed by atoms with Gasteiger partial charge in [0.1, 0.15) is 15.6 Å². The van der Waals surface area contributed by atoms with Crippen molar-refractivity contribution in [1.29, 1.82) is 0 Å². The molecule has 3 rings (SSSR count). The van der Waals surface area contributed by atoms with Gasteiger partial charge in [-0.15, -0.1) is 11.3 Å². The molecule has 0 saturated carbocycles. The molecule has 1 amide bonds. The molecule has 0 spiro atoms. The average molecular weight is 382 g/mol. The largest absolute Gasteiger partial charge is 0.497 e. The van der Waals surface area contributed by atoms with Crippen LogP contribution in [0.5, 0.6) is 5.75 Å². The molecule has 3 aromatic rings. The van der Waals surface area contributed by atoms with Crippen molar-refractivity contribution in [3.63, 3.8) is 0 Å². The Morgan fingerprint density at radius 2 is 1.89 bits per heavy atom. The first-order valence-corrected chi connectivity index (χ1v) is 9.01. The third-order valence-electron chi connectivity index (χ3n) is 3.97. The number of rotatable bonds is 6. The van der Waals surface area contributed by atoms with Crippen LogP contribution in [0.15, 0.2) is 54.6 Å². The topological polar surface area (TPSA) is 88.5 Å². The lowest BCUT2D eigenvalue weighted by Gasteiger charge is -2.14. The van der Waals surface area contributed by atoms with E-state index in [1.807, 2.05) is 24.3 Å². The van der Waals surface area contributed by atoms with Crippen LogP contribution in [0.4, 0.5) is 0 Å². The Balaban J connectivity index is 1.86. The summed E-state index contributed by atoms with van der Waals surface area (Å²) in [6, 6.07) is 14.9. The fourth-order valence-corrected chi connectivity index (χ4v) is 3.58. The number of amides is 1. The number of hydrogen-bond acceptors (Lipinski definition) is 5. The normalized spacial score (nSPS) is 11.6. The molecule has 2 aromatic carbocycles. The minimum atomic E-state index is -1.12. The smallest absolute Gasteiger partial charge is 0.330 e. The molecule has 1 heterocycles. The molecule has 0 radical (unpaired) electrons. The highest BCUT2D eigenvalue weighted by Crippen LogP contribution is 2.30. The quantitative estimate of drug-likeness (QED) is 0.679. The van der Waals surface area contributed by atoms with Crippen molar-refractivity contribution >= 4 is 23.2 Å². The molecule has 2 N–H and O–H groups in total. The van der Waals surface area contributed by atoms with Gasteiger partial charge in [-0.2, -0.15) is 0 Å². The van der Waals surface area contributed by atoms with E-state index in [1.165, 1.54) is 11.3 Å². The summed E-state index contributed by atoms with van der Waals surface area (Å²) in [5.41, 5.74) is 1.89. The molecule has 0 aliphatic heterocycles. The molecule has 138 valence electrons. The van der Waals surface area contributed by atoms with Crippen LogP contribution in [0.25, 0.3) is 10.6 Å². The van der Waals surface area contributed by atoms with Crippen molar-refractivity contribution in [2.75, 3.05) is 7.11 Å². The number of carboxylic acids is 1. The highest BCUT2D eigenvalue weighted by molar-refractivity contribution is 7.17. The van der Waals surface area contributed by atoms with Crippen LogP contribution >= 0.6 is 11.3 Å². The van der Waals surface area contributed by atoms with Gasteiger partial charge in [-0.25, -0.2) is 9.78 Å². The number of carbonyl (C=O) groups excluding carboxylic acids is 1. The number of aliphatic carboxylic acids is 1. The summed E-state index contributed by atoms with van der Waals surface area (Å²) in [7, 11) is 1.58. The monoisotopic (exact) mass is 382 g/mol. The van der Waals surface area contributed by atoms with Crippen LogP contribution < -0.4 is 10.1 Å². The lowest BCUT2D eigenvalue weighted by molar-refractivity contribution is -0.139. The third-order valence-corrected chi connectivity index (χ3v) is 5.18. The van der Waals surface area contributed by atoms with Crippen molar-refractivity contribution in [2.24, 2.45) is 0 Å². The molecule has 6 nitrogen and oxygen atoms in total. The maximum Gasteiger partial charge on any atom is 0.330 e. The predicted octanol–water partition coefficient (Wildman–Crippen LogP) is 3.68. The number of benzene rings is 2. The average Bonchev–Trinajstić information content (AvgIpc) is 3.08. The van der Waals surface area contributed by atoms with Crippen molar-refractivity contribution in [1.82, 2.24) is 10.3 Å². The zero-order chi connectivity index (χ0) is 19.4. The lowest BCUT2D eigenvalue weighted by Crippen LogP contribution is -2.33. The SMILES string of the molecule is COc1cccc(-c2nc(C)c(C(=O)N[C@@H](C(=O)O)c3ccccc3)s2)c1. The number of ether oxygens (including phenoxy) is 1. The van der Waals surface area contributed by atoms with E-state index in [4.69, 9.17) is 4.74 Å². The minimum Gasteiger partial charge on any atom is -0.497 e. The fourth-order valence-electron chi connectivity index (χ4n) is 2.62. The highest BCUT2D eigenvalue weighted by atomic mass is 32.1. The van der Waals surface area contributed by atoms with E-state index in [9.17, 15) is 14.7 Å². The molecule has 0 aliphatic carbocycles.